The average Bonchev–Trinajstić information content (AvgIpc) is 2.37. The lowest BCUT2D eigenvalue weighted by Gasteiger charge is -2.34. The SMILES string of the molecule is CCC1CN(c2nc(C)cc(C)c2C(=O)O)CCO1. The molecule has 2 heterocycles. The Balaban J connectivity index is 2.40. The van der Waals surface area contributed by atoms with Crippen molar-refractivity contribution in [1.82, 2.24) is 4.98 Å². The third kappa shape index (κ3) is 2.87. The number of anilines is 1. The third-order valence-electron chi connectivity index (χ3n) is 3.43. The number of carbonyl (C=O) groups is 1. The fourth-order valence-corrected chi connectivity index (χ4v) is 2.47. The maximum atomic E-state index is 11.4. The number of rotatable bonds is 3. The van der Waals surface area contributed by atoms with E-state index < -0.39 is 5.97 Å². The first-order valence-corrected chi connectivity index (χ1v) is 6.61. The number of hydrogen-bond acceptors (Lipinski definition) is 4. The standard InChI is InChI=1S/C14H20N2O3/c1-4-11-8-16(5-6-19-11)13-12(14(17)18)9(2)7-10(3)15-13/h7,11H,4-6,8H2,1-3H3,(H,17,18). The van der Waals surface area contributed by atoms with Crippen molar-refractivity contribution in [3.05, 3.63) is 22.9 Å². The summed E-state index contributed by atoms with van der Waals surface area (Å²) in [6.07, 6.45) is 1.07. The highest BCUT2D eigenvalue weighted by molar-refractivity contribution is 5.95. The van der Waals surface area contributed by atoms with Crippen molar-refractivity contribution in [2.45, 2.75) is 33.3 Å². The highest BCUT2D eigenvalue weighted by Gasteiger charge is 2.25. The van der Waals surface area contributed by atoms with Gasteiger partial charge in [0.25, 0.3) is 0 Å². The summed E-state index contributed by atoms with van der Waals surface area (Å²) in [6.45, 7) is 7.78. The number of morpholine rings is 1. The van der Waals surface area contributed by atoms with Gasteiger partial charge in [0.2, 0.25) is 0 Å². The van der Waals surface area contributed by atoms with Crippen LogP contribution in [-0.2, 0) is 4.74 Å². The summed E-state index contributed by atoms with van der Waals surface area (Å²) in [5, 5.41) is 9.39. The number of aromatic carboxylic acids is 1. The molecule has 0 spiro atoms. The molecule has 1 fully saturated rings. The zero-order valence-corrected chi connectivity index (χ0v) is 11.6. The lowest BCUT2D eigenvalue weighted by molar-refractivity contribution is 0.0379. The summed E-state index contributed by atoms with van der Waals surface area (Å²) in [6, 6.07) is 1.81. The fourth-order valence-electron chi connectivity index (χ4n) is 2.47. The van der Waals surface area contributed by atoms with Crippen LogP contribution in [0, 0.1) is 13.8 Å². The summed E-state index contributed by atoms with van der Waals surface area (Å²) >= 11 is 0. The Labute approximate surface area is 113 Å². The minimum atomic E-state index is -0.917. The summed E-state index contributed by atoms with van der Waals surface area (Å²) in [4.78, 5) is 17.9. The van der Waals surface area contributed by atoms with E-state index in [2.05, 4.69) is 11.9 Å². The van der Waals surface area contributed by atoms with Crippen LogP contribution < -0.4 is 4.90 Å². The molecule has 1 N–H and O–H groups in total. The Kier molecular flexibility index (Phi) is 4.04. The number of aryl methyl sites for hydroxylation is 2. The molecule has 1 saturated heterocycles. The molecule has 0 radical (unpaired) electrons. The monoisotopic (exact) mass is 264 g/mol. The highest BCUT2D eigenvalue weighted by atomic mass is 16.5. The quantitative estimate of drug-likeness (QED) is 0.904. The van der Waals surface area contributed by atoms with Gasteiger partial charge in [-0.1, -0.05) is 6.92 Å². The number of aromatic nitrogens is 1. The van der Waals surface area contributed by atoms with Crippen molar-refractivity contribution in [1.29, 1.82) is 0 Å². The molecule has 104 valence electrons. The number of ether oxygens (including phenoxy) is 1. The van der Waals surface area contributed by atoms with E-state index >= 15 is 0 Å². The molecule has 0 amide bonds. The van der Waals surface area contributed by atoms with E-state index in [1.807, 2.05) is 24.8 Å². The first-order chi connectivity index (χ1) is 9.02. The molecule has 0 aromatic carbocycles. The van der Waals surface area contributed by atoms with Gasteiger partial charge in [0, 0.05) is 18.8 Å². The molecule has 1 aromatic heterocycles. The minimum Gasteiger partial charge on any atom is -0.478 e. The molecule has 19 heavy (non-hydrogen) atoms. The molecular formula is C14H20N2O3. The second-order valence-corrected chi connectivity index (χ2v) is 4.93. The maximum Gasteiger partial charge on any atom is 0.339 e. The van der Waals surface area contributed by atoms with Crippen LogP contribution in [-0.4, -0.2) is 41.9 Å². The summed E-state index contributed by atoms with van der Waals surface area (Å²) in [5.74, 6) is -0.341. The molecule has 1 atom stereocenters. The summed E-state index contributed by atoms with van der Waals surface area (Å²) in [7, 11) is 0. The highest BCUT2D eigenvalue weighted by Crippen LogP contribution is 2.25. The Bertz CT molecular complexity index is 488. The molecule has 1 aliphatic rings. The lowest BCUT2D eigenvalue weighted by atomic mass is 10.1. The van der Waals surface area contributed by atoms with Crippen molar-refractivity contribution in [3.8, 4) is 0 Å². The van der Waals surface area contributed by atoms with Crippen LogP contribution in [0.25, 0.3) is 0 Å². The molecule has 1 aliphatic heterocycles. The van der Waals surface area contributed by atoms with E-state index in [9.17, 15) is 9.90 Å². The lowest BCUT2D eigenvalue weighted by Crippen LogP contribution is -2.43. The van der Waals surface area contributed by atoms with E-state index in [0.29, 0.717) is 31.1 Å². The third-order valence-corrected chi connectivity index (χ3v) is 3.43. The van der Waals surface area contributed by atoms with Gasteiger partial charge in [0.15, 0.2) is 0 Å². The van der Waals surface area contributed by atoms with Gasteiger partial charge in [-0.25, -0.2) is 9.78 Å². The predicted molar refractivity (Wildman–Crippen MR) is 72.9 cm³/mol. The molecule has 1 unspecified atom stereocenters. The van der Waals surface area contributed by atoms with Crippen LogP contribution in [0.4, 0.5) is 5.82 Å². The Hall–Kier alpha value is -1.62. The van der Waals surface area contributed by atoms with Gasteiger partial charge in [0.1, 0.15) is 11.4 Å². The van der Waals surface area contributed by atoms with Crippen molar-refractivity contribution in [3.63, 3.8) is 0 Å². The second-order valence-electron chi connectivity index (χ2n) is 4.93. The molecule has 0 saturated carbocycles. The van der Waals surface area contributed by atoms with Crippen LogP contribution in [0.1, 0.15) is 35.0 Å². The van der Waals surface area contributed by atoms with Gasteiger partial charge in [0.05, 0.1) is 12.7 Å². The smallest absolute Gasteiger partial charge is 0.339 e. The van der Waals surface area contributed by atoms with Gasteiger partial charge >= 0.3 is 5.97 Å². The zero-order valence-electron chi connectivity index (χ0n) is 11.6. The number of carboxylic acid groups (broad SMARTS) is 1. The maximum absolute atomic E-state index is 11.4. The molecule has 5 nitrogen and oxygen atoms in total. The van der Waals surface area contributed by atoms with Crippen molar-refractivity contribution in [2.24, 2.45) is 0 Å². The molecular weight excluding hydrogens is 244 g/mol. The largest absolute Gasteiger partial charge is 0.478 e. The topological polar surface area (TPSA) is 62.7 Å². The number of hydrogen-bond donors (Lipinski definition) is 1. The zero-order chi connectivity index (χ0) is 14.0. The molecule has 1 aromatic rings. The number of nitrogens with zero attached hydrogens (tertiary/aromatic N) is 2. The van der Waals surface area contributed by atoms with Crippen molar-refractivity contribution in [2.75, 3.05) is 24.6 Å². The first-order valence-electron chi connectivity index (χ1n) is 6.61. The second kappa shape index (κ2) is 5.57. The summed E-state index contributed by atoms with van der Waals surface area (Å²) in [5.41, 5.74) is 1.91. The van der Waals surface area contributed by atoms with Gasteiger partial charge in [-0.2, -0.15) is 0 Å². The van der Waals surface area contributed by atoms with Crippen LogP contribution in [0.15, 0.2) is 6.07 Å². The Morgan fingerprint density at radius 3 is 2.95 bits per heavy atom. The van der Waals surface area contributed by atoms with Gasteiger partial charge < -0.3 is 14.7 Å². The average molecular weight is 264 g/mol. The van der Waals surface area contributed by atoms with E-state index in [1.165, 1.54) is 0 Å². The number of carboxylic acids is 1. The van der Waals surface area contributed by atoms with Crippen LogP contribution >= 0.6 is 0 Å². The van der Waals surface area contributed by atoms with E-state index in [-0.39, 0.29) is 6.10 Å². The van der Waals surface area contributed by atoms with Gasteiger partial charge in [-0.3, -0.25) is 0 Å². The predicted octanol–water partition coefficient (Wildman–Crippen LogP) is 2.01. The molecule has 0 aliphatic carbocycles. The molecule has 5 heteroatoms. The first kappa shape index (κ1) is 13.8. The van der Waals surface area contributed by atoms with Gasteiger partial charge in [-0.05, 0) is 31.9 Å². The van der Waals surface area contributed by atoms with Crippen molar-refractivity contribution >= 4 is 11.8 Å². The van der Waals surface area contributed by atoms with Gasteiger partial charge in [-0.15, -0.1) is 0 Å². The van der Waals surface area contributed by atoms with Crippen LogP contribution in [0.2, 0.25) is 0 Å². The Morgan fingerprint density at radius 2 is 2.32 bits per heavy atom. The van der Waals surface area contributed by atoms with Crippen LogP contribution in [0.3, 0.4) is 0 Å². The fraction of sp³-hybridized carbons (Fsp3) is 0.571. The molecule has 0 bridgehead atoms. The molecule has 2 rings (SSSR count). The van der Waals surface area contributed by atoms with E-state index in [4.69, 9.17) is 4.74 Å². The normalized spacial score (nSPS) is 19.5. The van der Waals surface area contributed by atoms with E-state index in [1.54, 1.807) is 0 Å². The number of pyridine rings is 1. The van der Waals surface area contributed by atoms with E-state index in [0.717, 1.165) is 17.7 Å². The van der Waals surface area contributed by atoms with Crippen LogP contribution in [0.5, 0.6) is 0 Å². The summed E-state index contributed by atoms with van der Waals surface area (Å²) < 4.78 is 5.62. The Morgan fingerprint density at radius 1 is 1.58 bits per heavy atom. The minimum absolute atomic E-state index is 0.151. The van der Waals surface area contributed by atoms with Crippen molar-refractivity contribution < 1.29 is 14.6 Å².